The van der Waals surface area contributed by atoms with Crippen molar-refractivity contribution in [2.24, 2.45) is 5.92 Å². The molecule has 0 spiro atoms. The van der Waals surface area contributed by atoms with Crippen LogP contribution in [-0.4, -0.2) is 30.6 Å². The van der Waals surface area contributed by atoms with E-state index in [1.165, 1.54) is 11.3 Å². The Morgan fingerprint density at radius 2 is 2.50 bits per heavy atom. The SMILES string of the molecule is Cc1sc(-c2ccco2)nc1C(=O)NC[C@H]1CCOC1. The number of furan rings is 1. The second-order valence-electron chi connectivity index (χ2n) is 4.84. The Kier molecular flexibility index (Phi) is 3.84. The second kappa shape index (κ2) is 5.76. The number of rotatable bonds is 4. The molecule has 0 unspecified atom stereocenters. The maximum Gasteiger partial charge on any atom is 0.271 e. The Balaban J connectivity index is 1.68. The number of thiazole rings is 1. The summed E-state index contributed by atoms with van der Waals surface area (Å²) in [6.07, 6.45) is 2.61. The molecule has 1 N–H and O–H groups in total. The van der Waals surface area contributed by atoms with E-state index >= 15 is 0 Å². The molecule has 0 saturated carbocycles. The lowest BCUT2D eigenvalue weighted by Gasteiger charge is -2.08. The molecule has 106 valence electrons. The van der Waals surface area contributed by atoms with Crippen molar-refractivity contribution in [3.8, 4) is 10.8 Å². The minimum atomic E-state index is -0.122. The van der Waals surface area contributed by atoms with E-state index in [-0.39, 0.29) is 5.91 Å². The number of ether oxygens (including phenoxy) is 1. The standard InChI is InChI=1S/C14H16N2O3S/c1-9-12(13(17)15-7-10-4-6-18-8-10)16-14(20-9)11-3-2-5-19-11/h2-3,5,10H,4,6-8H2,1H3,(H,15,17)/t10-/m1/s1. The van der Waals surface area contributed by atoms with Gasteiger partial charge < -0.3 is 14.5 Å². The first-order valence-corrected chi connectivity index (χ1v) is 7.43. The van der Waals surface area contributed by atoms with Crippen molar-refractivity contribution in [3.05, 3.63) is 29.0 Å². The Morgan fingerprint density at radius 3 is 3.20 bits per heavy atom. The largest absolute Gasteiger partial charge is 0.462 e. The molecule has 1 aliphatic heterocycles. The van der Waals surface area contributed by atoms with Crippen LogP contribution in [-0.2, 0) is 4.74 Å². The molecule has 1 aliphatic rings. The number of nitrogens with zero attached hydrogens (tertiary/aromatic N) is 1. The van der Waals surface area contributed by atoms with Crippen LogP contribution >= 0.6 is 11.3 Å². The lowest BCUT2D eigenvalue weighted by Crippen LogP contribution is -2.30. The molecule has 0 bridgehead atoms. The topological polar surface area (TPSA) is 64.4 Å². The van der Waals surface area contributed by atoms with Crippen LogP contribution in [0.25, 0.3) is 10.8 Å². The number of aromatic nitrogens is 1. The van der Waals surface area contributed by atoms with Crippen LogP contribution in [0.4, 0.5) is 0 Å². The molecule has 3 heterocycles. The summed E-state index contributed by atoms with van der Waals surface area (Å²) in [5.41, 5.74) is 0.486. The van der Waals surface area contributed by atoms with Crippen LogP contribution in [0.2, 0.25) is 0 Å². The highest BCUT2D eigenvalue weighted by atomic mass is 32.1. The van der Waals surface area contributed by atoms with Crippen LogP contribution in [0, 0.1) is 12.8 Å². The van der Waals surface area contributed by atoms with Crippen LogP contribution in [0.3, 0.4) is 0 Å². The van der Waals surface area contributed by atoms with Gasteiger partial charge in [0.05, 0.1) is 12.9 Å². The van der Waals surface area contributed by atoms with E-state index in [1.807, 2.05) is 19.1 Å². The summed E-state index contributed by atoms with van der Waals surface area (Å²) in [6.45, 7) is 4.07. The lowest BCUT2D eigenvalue weighted by molar-refractivity contribution is 0.0940. The Morgan fingerprint density at radius 1 is 1.60 bits per heavy atom. The van der Waals surface area contributed by atoms with Crippen molar-refractivity contribution in [2.75, 3.05) is 19.8 Å². The summed E-state index contributed by atoms with van der Waals surface area (Å²) < 4.78 is 10.6. The fraction of sp³-hybridized carbons (Fsp3) is 0.429. The van der Waals surface area contributed by atoms with Crippen molar-refractivity contribution >= 4 is 17.2 Å². The van der Waals surface area contributed by atoms with Crippen LogP contribution in [0.5, 0.6) is 0 Å². The van der Waals surface area contributed by atoms with Crippen molar-refractivity contribution < 1.29 is 13.9 Å². The maximum absolute atomic E-state index is 12.2. The molecule has 1 atom stereocenters. The summed E-state index contributed by atoms with van der Waals surface area (Å²) in [7, 11) is 0. The van der Waals surface area contributed by atoms with Gasteiger partial charge in [-0.2, -0.15) is 0 Å². The third-order valence-electron chi connectivity index (χ3n) is 3.32. The average molecular weight is 292 g/mol. The summed E-state index contributed by atoms with van der Waals surface area (Å²) >= 11 is 1.47. The van der Waals surface area contributed by atoms with Gasteiger partial charge in [0.2, 0.25) is 0 Å². The molecule has 3 rings (SSSR count). The molecule has 5 nitrogen and oxygen atoms in total. The van der Waals surface area contributed by atoms with E-state index in [1.54, 1.807) is 6.26 Å². The molecule has 0 aliphatic carbocycles. The van der Waals surface area contributed by atoms with E-state index in [2.05, 4.69) is 10.3 Å². The van der Waals surface area contributed by atoms with Gasteiger partial charge in [0.25, 0.3) is 5.91 Å². The molecule has 0 radical (unpaired) electrons. The van der Waals surface area contributed by atoms with Gasteiger partial charge in [0.1, 0.15) is 5.69 Å². The fourth-order valence-electron chi connectivity index (χ4n) is 2.18. The molecule has 6 heteroatoms. The normalized spacial score (nSPS) is 18.4. The molecule has 1 fully saturated rings. The lowest BCUT2D eigenvalue weighted by atomic mass is 10.1. The fourth-order valence-corrected chi connectivity index (χ4v) is 3.06. The van der Waals surface area contributed by atoms with E-state index < -0.39 is 0 Å². The van der Waals surface area contributed by atoms with Gasteiger partial charge in [-0.05, 0) is 25.5 Å². The van der Waals surface area contributed by atoms with Crippen molar-refractivity contribution in [3.63, 3.8) is 0 Å². The Labute approximate surface area is 121 Å². The number of carbonyl (C=O) groups is 1. The van der Waals surface area contributed by atoms with Crippen LogP contribution in [0.15, 0.2) is 22.8 Å². The first-order valence-electron chi connectivity index (χ1n) is 6.61. The molecule has 2 aromatic rings. The monoisotopic (exact) mass is 292 g/mol. The molecular formula is C14H16N2O3S. The minimum Gasteiger partial charge on any atom is -0.462 e. The van der Waals surface area contributed by atoms with Gasteiger partial charge in [-0.15, -0.1) is 11.3 Å². The highest BCUT2D eigenvalue weighted by Crippen LogP contribution is 2.27. The van der Waals surface area contributed by atoms with Gasteiger partial charge in [0.15, 0.2) is 10.8 Å². The van der Waals surface area contributed by atoms with Gasteiger partial charge in [-0.1, -0.05) is 0 Å². The first-order chi connectivity index (χ1) is 9.74. The molecule has 20 heavy (non-hydrogen) atoms. The predicted octanol–water partition coefficient (Wildman–Crippen LogP) is 2.48. The second-order valence-corrected chi connectivity index (χ2v) is 6.04. The third-order valence-corrected chi connectivity index (χ3v) is 4.30. The molecule has 2 aromatic heterocycles. The average Bonchev–Trinajstić information content (AvgIpc) is 3.17. The molecule has 1 saturated heterocycles. The van der Waals surface area contributed by atoms with Crippen molar-refractivity contribution in [2.45, 2.75) is 13.3 Å². The Hall–Kier alpha value is -1.66. The zero-order chi connectivity index (χ0) is 13.9. The third kappa shape index (κ3) is 2.76. The van der Waals surface area contributed by atoms with Crippen LogP contribution in [0.1, 0.15) is 21.8 Å². The predicted molar refractivity (Wildman–Crippen MR) is 75.8 cm³/mol. The van der Waals surface area contributed by atoms with E-state index in [0.29, 0.717) is 23.9 Å². The smallest absolute Gasteiger partial charge is 0.271 e. The van der Waals surface area contributed by atoms with E-state index in [4.69, 9.17) is 9.15 Å². The molecule has 0 aromatic carbocycles. The number of hydrogen-bond donors (Lipinski definition) is 1. The number of hydrogen-bond acceptors (Lipinski definition) is 5. The number of amides is 1. The quantitative estimate of drug-likeness (QED) is 0.940. The van der Waals surface area contributed by atoms with Crippen molar-refractivity contribution in [1.82, 2.24) is 10.3 Å². The number of aryl methyl sites for hydroxylation is 1. The van der Waals surface area contributed by atoms with Crippen molar-refractivity contribution in [1.29, 1.82) is 0 Å². The summed E-state index contributed by atoms with van der Waals surface area (Å²) in [5.74, 6) is 0.993. The maximum atomic E-state index is 12.2. The Bertz CT molecular complexity index is 586. The van der Waals surface area contributed by atoms with E-state index in [0.717, 1.165) is 29.5 Å². The highest BCUT2D eigenvalue weighted by molar-refractivity contribution is 7.15. The number of carbonyl (C=O) groups excluding carboxylic acids is 1. The summed E-state index contributed by atoms with van der Waals surface area (Å²) in [5, 5.41) is 3.67. The zero-order valence-electron chi connectivity index (χ0n) is 11.2. The summed E-state index contributed by atoms with van der Waals surface area (Å²) in [4.78, 5) is 17.4. The molecule has 1 amide bonds. The van der Waals surface area contributed by atoms with Gasteiger partial charge in [0, 0.05) is 23.9 Å². The molecular weight excluding hydrogens is 276 g/mol. The van der Waals surface area contributed by atoms with E-state index in [9.17, 15) is 4.79 Å². The van der Waals surface area contributed by atoms with Gasteiger partial charge >= 0.3 is 0 Å². The summed E-state index contributed by atoms with van der Waals surface area (Å²) in [6, 6.07) is 3.65. The van der Waals surface area contributed by atoms with Gasteiger partial charge in [-0.3, -0.25) is 4.79 Å². The van der Waals surface area contributed by atoms with Gasteiger partial charge in [-0.25, -0.2) is 4.98 Å². The number of nitrogens with one attached hydrogen (secondary N) is 1. The first kappa shape index (κ1) is 13.3. The van der Waals surface area contributed by atoms with Crippen LogP contribution < -0.4 is 5.32 Å². The minimum absolute atomic E-state index is 0.122. The zero-order valence-corrected chi connectivity index (χ0v) is 12.0. The highest BCUT2D eigenvalue weighted by Gasteiger charge is 2.20.